The van der Waals surface area contributed by atoms with Crippen molar-refractivity contribution in [3.63, 3.8) is 0 Å². The molecule has 0 saturated carbocycles. The smallest absolute Gasteiger partial charge is 0.0603 e. The van der Waals surface area contributed by atoms with E-state index in [2.05, 4.69) is 35.8 Å². The lowest BCUT2D eigenvalue weighted by molar-refractivity contribution is 0.254. The quantitative estimate of drug-likeness (QED) is 0.830. The molecule has 0 radical (unpaired) electrons. The number of nitrogen functional groups attached to an aromatic ring is 1. The number of aryl methyl sites for hydroxylation is 1. The Bertz CT molecular complexity index is 381. The van der Waals surface area contributed by atoms with Gasteiger partial charge in [-0.15, -0.1) is 0 Å². The summed E-state index contributed by atoms with van der Waals surface area (Å²) >= 11 is 0. The van der Waals surface area contributed by atoms with Gasteiger partial charge in [-0.25, -0.2) is 0 Å². The molecular weight excluding hydrogens is 222 g/mol. The zero-order chi connectivity index (χ0) is 13.0. The number of unbranched alkanes of at least 4 members (excludes halogenated alkanes) is 1. The summed E-state index contributed by atoms with van der Waals surface area (Å²) in [6.45, 7) is 10.1. The average molecular weight is 247 g/mol. The van der Waals surface area contributed by atoms with Crippen LogP contribution >= 0.6 is 0 Å². The van der Waals surface area contributed by atoms with E-state index in [1.807, 2.05) is 6.07 Å². The van der Waals surface area contributed by atoms with E-state index in [0.717, 1.165) is 31.9 Å². The van der Waals surface area contributed by atoms with Gasteiger partial charge in [-0.1, -0.05) is 19.4 Å². The molecule has 100 valence electrons. The summed E-state index contributed by atoms with van der Waals surface area (Å²) in [5, 5.41) is 0. The first-order chi connectivity index (χ1) is 8.70. The second-order valence-electron chi connectivity index (χ2n) is 5.24. The molecule has 0 aromatic heterocycles. The number of rotatable bonds is 4. The predicted molar refractivity (Wildman–Crippen MR) is 79.2 cm³/mol. The molecular formula is C15H25N3. The molecule has 2 rings (SSSR count). The number of nitrogens with zero attached hydrogens (tertiary/aromatic N) is 2. The van der Waals surface area contributed by atoms with Gasteiger partial charge < -0.3 is 10.6 Å². The van der Waals surface area contributed by atoms with Crippen molar-refractivity contribution >= 4 is 11.4 Å². The summed E-state index contributed by atoms with van der Waals surface area (Å²) < 4.78 is 0. The summed E-state index contributed by atoms with van der Waals surface area (Å²) in [6, 6.07) is 6.31. The van der Waals surface area contributed by atoms with Crippen LogP contribution in [0.2, 0.25) is 0 Å². The van der Waals surface area contributed by atoms with E-state index in [4.69, 9.17) is 5.73 Å². The van der Waals surface area contributed by atoms with Crippen molar-refractivity contribution in [2.75, 3.05) is 43.4 Å². The molecule has 1 aromatic rings. The topological polar surface area (TPSA) is 32.5 Å². The number of hydrogen-bond acceptors (Lipinski definition) is 3. The zero-order valence-electron chi connectivity index (χ0n) is 11.7. The maximum atomic E-state index is 6.08. The van der Waals surface area contributed by atoms with Crippen molar-refractivity contribution in [2.45, 2.75) is 26.7 Å². The van der Waals surface area contributed by atoms with Crippen molar-refractivity contribution in [2.24, 2.45) is 0 Å². The third-order valence-electron chi connectivity index (χ3n) is 3.73. The molecule has 0 atom stereocenters. The van der Waals surface area contributed by atoms with E-state index >= 15 is 0 Å². The molecule has 1 aliphatic rings. The summed E-state index contributed by atoms with van der Waals surface area (Å²) in [6.07, 6.45) is 2.59. The molecule has 0 spiro atoms. The third kappa shape index (κ3) is 3.16. The molecule has 1 aromatic carbocycles. The minimum Gasteiger partial charge on any atom is -0.397 e. The van der Waals surface area contributed by atoms with Crippen molar-refractivity contribution in [1.29, 1.82) is 0 Å². The van der Waals surface area contributed by atoms with E-state index in [1.165, 1.54) is 30.6 Å². The molecule has 2 N–H and O–H groups in total. The second kappa shape index (κ2) is 6.10. The Balaban J connectivity index is 1.94. The molecule has 0 unspecified atom stereocenters. The molecule has 18 heavy (non-hydrogen) atoms. The molecule has 0 bridgehead atoms. The highest BCUT2D eigenvalue weighted by Crippen LogP contribution is 2.25. The van der Waals surface area contributed by atoms with Crippen LogP contribution in [-0.2, 0) is 0 Å². The van der Waals surface area contributed by atoms with Crippen molar-refractivity contribution in [3.05, 3.63) is 23.8 Å². The van der Waals surface area contributed by atoms with Gasteiger partial charge in [0.05, 0.1) is 11.4 Å². The minimum atomic E-state index is 0.905. The lowest BCUT2D eigenvalue weighted by Crippen LogP contribution is -2.46. The standard InChI is InChI=1S/C15H25N3/c1-3-4-7-17-8-10-18(11-9-17)15-12-13(2)5-6-14(15)16/h5-6,12H,3-4,7-11,16H2,1-2H3. The van der Waals surface area contributed by atoms with E-state index in [-0.39, 0.29) is 0 Å². The Morgan fingerprint density at radius 2 is 1.89 bits per heavy atom. The summed E-state index contributed by atoms with van der Waals surface area (Å²) in [7, 11) is 0. The first kappa shape index (κ1) is 13.2. The van der Waals surface area contributed by atoms with Crippen LogP contribution in [0.25, 0.3) is 0 Å². The zero-order valence-corrected chi connectivity index (χ0v) is 11.7. The highest BCUT2D eigenvalue weighted by atomic mass is 15.3. The van der Waals surface area contributed by atoms with Crippen LogP contribution in [0.1, 0.15) is 25.3 Å². The summed E-state index contributed by atoms with van der Waals surface area (Å²) in [5.74, 6) is 0. The second-order valence-corrected chi connectivity index (χ2v) is 5.24. The summed E-state index contributed by atoms with van der Waals surface area (Å²) in [4.78, 5) is 4.98. The molecule has 1 fully saturated rings. The number of hydrogen-bond donors (Lipinski definition) is 1. The van der Waals surface area contributed by atoms with Crippen LogP contribution in [0, 0.1) is 6.92 Å². The Kier molecular flexibility index (Phi) is 4.48. The van der Waals surface area contributed by atoms with E-state index < -0.39 is 0 Å². The SMILES string of the molecule is CCCCN1CCN(c2cc(C)ccc2N)CC1. The first-order valence-electron chi connectivity index (χ1n) is 7.04. The Labute approximate surface area is 111 Å². The number of piperazine rings is 1. The van der Waals surface area contributed by atoms with Crippen molar-refractivity contribution in [3.8, 4) is 0 Å². The Hall–Kier alpha value is -1.22. The maximum Gasteiger partial charge on any atom is 0.0603 e. The van der Waals surface area contributed by atoms with Gasteiger partial charge in [-0.3, -0.25) is 4.90 Å². The van der Waals surface area contributed by atoms with Gasteiger partial charge in [0.1, 0.15) is 0 Å². The lowest BCUT2D eigenvalue weighted by Gasteiger charge is -2.36. The van der Waals surface area contributed by atoms with E-state index in [1.54, 1.807) is 0 Å². The molecule has 1 heterocycles. The minimum absolute atomic E-state index is 0.905. The van der Waals surface area contributed by atoms with Gasteiger partial charge in [0.15, 0.2) is 0 Å². The Morgan fingerprint density at radius 3 is 2.56 bits per heavy atom. The average Bonchev–Trinajstić information content (AvgIpc) is 2.40. The molecule has 0 aliphatic carbocycles. The normalized spacial score (nSPS) is 17.1. The molecule has 3 heteroatoms. The molecule has 1 saturated heterocycles. The van der Waals surface area contributed by atoms with Crippen LogP contribution in [-0.4, -0.2) is 37.6 Å². The fourth-order valence-corrected chi connectivity index (χ4v) is 2.52. The number of benzene rings is 1. The van der Waals surface area contributed by atoms with Crippen molar-refractivity contribution in [1.82, 2.24) is 4.90 Å². The van der Waals surface area contributed by atoms with Gasteiger partial charge in [0.2, 0.25) is 0 Å². The maximum absolute atomic E-state index is 6.08. The van der Waals surface area contributed by atoms with Crippen molar-refractivity contribution < 1.29 is 0 Å². The van der Waals surface area contributed by atoms with Crippen LogP contribution in [0.4, 0.5) is 11.4 Å². The van der Waals surface area contributed by atoms with Crippen LogP contribution < -0.4 is 10.6 Å². The van der Waals surface area contributed by atoms with Gasteiger partial charge in [-0.05, 0) is 37.6 Å². The van der Waals surface area contributed by atoms with Gasteiger partial charge in [0.25, 0.3) is 0 Å². The first-order valence-corrected chi connectivity index (χ1v) is 7.04. The highest BCUT2D eigenvalue weighted by molar-refractivity contribution is 5.68. The number of nitrogens with two attached hydrogens (primary N) is 1. The number of anilines is 2. The fraction of sp³-hybridized carbons (Fsp3) is 0.600. The van der Waals surface area contributed by atoms with Gasteiger partial charge >= 0.3 is 0 Å². The molecule has 1 aliphatic heterocycles. The largest absolute Gasteiger partial charge is 0.397 e. The van der Waals surface area contributed by atoms with E-state index in [0.29, 0.717) is 0 Å². The van der Waals surface area contributed by atoms with Crippen LogP contribution in [0.3, 0.4) is 0 Å². The Morgan fingerprint density at radius 1 is 1.17 bits per heavy atom. The summed E-state index contributed by atoms with van der Waals surface area (Å²) in [5.41, 5.74) is 9.48. The monoisotopic (exact) mass is 247 g/mol. The lowest BCUT2D eigenvalue weighted by atomic mass is 10.1. The highest BCUT2D eigenvalue weighted by Gasteiger charge is 2.18. The van der Waals surface area contributed by atoms with Crippen LogP contribution in [0.15, 0.2) is 18.2 Å². The molecule has 3 nitrogen and oxygen atoms in total. The predicted octanol–water partition coefficient (Wildman–Crippen LogP) is 2.50. The molecule has 0 amide bonds. The third-order valence-corrected chi connectivity index (χ3v) is 3.73. The van der Waals surface area contributed by atoms with Gasteiger partial charge in [-0.2, -0.15) is 0 Å². The van der Waals surface area contributed by atoms with Gasteiger partial charge in [0, 0.05) is 26.2 Å². The van der Waals surface area contributed by atoms with E-state index in [9.17, 15) is 0 Å². The fourth-order valence-electron chi connectivity index (χ4n) is 2.52. The van der Waals surface area contributed by atoms with Crippen LogP contribution in [0.5, 0.6) is 0 Å².